The first-order valence-corrected chi connectivity index (χ1v) is 10.0. The number of nitrogens with zero attached hydrogens (tertiary/aromatic N) is 2. The number of amides is 1. The number of carbonyl (C=O) groups excluding carboxylic acids is 2. The number of esters is 1. The summed E-state index contributed by atoms with van der Waals surface area (Å²) in [5.74, 6) is -0.0256. The molecule has 3 atom stereocenters. The van der Waals surface area contributed by atoms with Gasteiger partial charge in [-0.05, 0) is 44.2 Å². The van der Waals surface area contributed by atoms with Crippen molar-refractivity contribution in [3.63, 3.8) is 0 Å². The molecule has 0 spiro atoms. The molecular formula is C23H26N2O3. The van der Waals surface area contributed by atoms with Crippen molar-refractivity contribution < 1.29 is 14.3 Å². The zero-order valence-corrected chi connectivity index (χ0v) is 16.4. The topological polar surface area (TPSA) is 59.5 Å². The fourth-order valence-electron chi connectivity index (χ4n) is 4.79. The number of ether oxygens (including phenoxy) is 1. The van der Waals surface area contributed by atoms with Gasteiger partial charge in [-0.15, -0.1) is 0 Å². The molecule has 1 saturated carbocycles. The normalized spacial score (nSPS) is 23.9. The van der Waals surface area contributed by atoms with Crippen LogP contribution in [0.5, 0.6) is 0 Å². The monoisotopic (exact) mass is 378 g/mol. The molecule has 146 valence electrons. The zero-order chi connectivity index (χ0) is 19.7. The van der Waals surface area contributed by atoms with Crippen LogP contribution < -0.4 is 0 Å². The summed E-state index contributed by atoms with van der Waals surface area (Å²) >= 11 is 0. The van der Waals surface area contributed by atoms with Gasteiger partial charge in [-0.3, -0.25) is 9.78 Å². The lowest BCUT2D eigenvalue weighted by Crippen LogP contribution is -2.46. The Morgan fingerprint density at radius 2 is 1.82 bits per heavy atom. The minimum Gasteiger partial charge on any atom is -0.467 e. The highest BCUT2D eigenvalue weighted by atomic mass is 16.5. The van der Waals surface area contributed by atoms with Gasteiger partial charge in [0.25, 0.3) is 5.91 Å². The molecule has 2 aliphatic rings. The molecule has 5 nitrogen and oxygen atoms in total. The van der Waals surface area contributed by atoms with Crippen molar-refractivity contribution in [1.82, 2.24) is 9.88 Å². The number of aromatic nitrogens is 1. The summed E-state index contributed by atoms with van der Waals surface area (Å²) in [5.41, 5.74) is 3.12. The minimum atomic E-state index is -0.487. The average Bonchev–Trinajstić information content (AvgIpc) is 3.13. The fraction of sp³-hybridized carbons (Fsp3) is 0.435. The van der Waals surface area contributed by atoms with Crippen LogP contribution in [-0.2, 0) is 9.53 Å². The number of fused-ring (bicyclic) bond motifs is 1. The number of methoxy groups -OCH3 is 1. The molecule has 1 aliphatic carbocycles. The number of benzene rings is 1. The Kier molecular flexibility index (Phi) is 5.16. The predicted molar refractivity (Wildman–Crippen MR) is 107 cm³/mol. The van der Waals surface area contributed by atoms with Crippen LogP contribution in [-0.4, -0.2) is 41.0 Å². The molecule has 5 heteroatoms. The van der Waals surface area contributed by atoms with Gasteiger partial charge in [-0.2, -0.15) is 0 Å². The molecule has 28 heavy (non-hydrogen) atoms. The van der Waals surface area contributed by atoms with Gasteiger partial charge in [0.05, 0.1) is 24.1 Å². The summed E-state index contributed by atoms with van der Waals surface area (Å²) in [5, 5.41) is 0. The molecule has 2 aromatic rings. The quantitative estimate of drug-likeness (QED) is 0.758. The van der Waals surface area contributed by atoms with Gasteiger partial charge < -0.3 is 9.64 Å². The highest BCUT2D eigenvalue weighted by Crippen LogP contribution is 2.41. The molecule has 4 rings (SSSR count). The highest BCUT2D eigenvalue weighted by Gasteiger charge is 2.48. The molecule has 0 N–H and O–H groups in total. The van der Waals surface area contributed by atoms with Crippen molar-refractivity contribution in [1.29, 1.82) is 0 Å². The van der Waals surface area contributed by atoms with Gasteiger partial charge in [-0.1, -0.05) is 43.2 Å². The van der Waals surface area contributed by atoms with Crippen LogP contribution in [0.2, 0.25) is 0 Å². The molecule has 1 aromatic heterocycles. The third kappa shape index (κ3) is 3.30. The van der Waals surface area contributed by atoms with Gasteiger partial charge in [-0.25, -0.2) is 4.79 Å². The number of hydrogen-bond donors (Lipinski definition) is 0. The first-order chi connectivity index (χ1) is 13.6. The van der Waals surface area contributed by atoms with Gasteiger partial charge in [0.15, 0.2) is 0 Å². The van der Waals surface area contributed by atoms with E-state index in [-0.39, 0.29) is 17.9 Å². The SMILES string of the molecule is COC(=O)[C@@H]1C[C@H]2CCCC[C@H]2N1C(=O)c1ccc(-c2ccccc2)nc1C. The molecule has 0 radical (unpaired) electrons. The number of hydrogen-bond acceptors (Lipinski definition) is 4. The van der Waals surface area contributed by atoms with E-state index in [1.165, 1.54) is 13.5 Å². The van der Waals surface area contributed by atoms with Crippen molar-refractivity contribution in [3.8, 4) is 11.3 Å². The number of likely N-dealkylation sites (tertiary alicyclic amines) is 1. The van der Waals surface area contributed by atoms with Crippen molar-refractivity contribution in [2.45, 2.75) is 51.1 Å². The molecule has 1 amide bonds. The Balaban J connectivity index is 1.66. The Labute approximate surface area is 165 Å². The van der Waals surface area contributed by atoms with E-state index in [9.17, 15) is 9.59 Å². The molecule has 1 aliphatic heterocycles. The van der Waals surface area contributed by atoms with Crippen LogP contribution in [0.4, 0.5) is 0 Å². The van der Waals surface area contributed by atoms with Gasteiger partial charge in [0.2, 0.25) is 0 Å². The summed E-state index contributed by atoms with van der Waals surface area (Å²) < 4.78 is 5.02. The van der Waals surface area contributed by atoms with E-state index in [4.69, 9.17) is 4.74 Å². The molecule has 1 aromatic carbocycles. The van der Waals surface area contributed by atoms with E-state index in [1.54, 1.807) is 4.90 Å². The standard InChI is InChI=1S/C23H26N2O3/c1-15-18(12-13-19(24-15)16-8-4-3-5-9-16)22(26)25-20-11-7-6-10-17(20)14-21(25)23(27)28-2/h3-5,8-9,12-13,17,20-21H,6-7,10-11,14H2,1-2H3/t17-,20-,21+/m1/s1. The first-order valence-electron chi connectivity index (χ1n) is 10.0. The van der Waals surface area contributed by atoms with E-state index in [0.717, 1.165) is 30.5 Å². The van der Waals surface area contributed by atoms with E-state index >= 15 is 0 Å². The Morgan fingerprint density at radius 1 is 1.07 bits per heavy atom. The predicted octanol–water partition coefficient (Wildman–Crippen LogP) is 4.00. The van der Waals surface area contributed by atoms with Crippen molar-refractivity contribution in [2.75, 3.05) is 7.11 Å². The zero-order valence-electron chi connectivity index (χ0n) is 16.4. The lowest BCUT2D eigenvalue weighted by Gasteiger charge is -2.33. The molecular weight excluding hydrogens is 352 g/mol. The van der Waals surface area contributed by atoms with E-state index in [0.29, 0.717) is 23.6 Å². The van der Waals surface area contributed by atoms with Crippen molar-refractivity contribution in [3.05, 3.63) is 53.7 Å². The molecule has 2 fully saturated rings. The van der Waals surface area contributed by atoms with Gasteiger partial charge in [0, 0.05) is 11.6 Å². The third-order valence-electron chi connectivity index (χ3n) is 6.18. The average molecular weight is 378 g/mol. The van der Waals surface area contributed by atoms with Gasteiger partial charge >= 0.3 is 5.97 Å². The fourth-order valence-corrected chi connectivity index (χ4v) is 4.79. The van der Waals surface area contributed by atoms with Crippen LogP contribution in [0.25, 0.3) is 11.3 Å². The van der Waals surface area contributed by atoms with Gasteiger partial charge in [0.1, 0.15) is 6.04 Å². The summed E-state index contributed by atoms with van der Waals surface area (Å²) in [6, 6.07) is 13.3. The number of carbonyl (C=O) groups is 2. The lowest BCUT2D eigenvalue weighted by atomic mass is 9.84. The van der Waals surface area contributed by atoms with E-state index in [2.05, 4.69) is 4.98 Å². The Morgan fingerprint density at radius 3 is 2.54 bits per heavy atom. The van der Waals surface area contributed by atoms with E-state index < -0.39 is 6.04 Å². The molecule has 1 saturated heterocycles. The first kappa shape index (κ1) is 18.7. The number of pyridine rings is 1. The molecule has 2 heterocycles. The van der Waals surface area contributed by atoms with Crippen molar-refractivity contribution in [2.24, 2.45) is 5.92 Å². The van der Waals surface area contributed by atoms with Crippen molar-refractivity contribution >= 4 is 11.9 Å². The Bertz CT molecular complexity index is 881. The number of aryl methyl sites for hydroxylation is 1. The molecule has 0 unspecified atom stereocenters. The smallest absolute Gasteiger partial charge is 0.328 e. The largest absolute Gasteiger partial charge is 0.467 e. The summed E-state index contributed by atoms with van der Waals surface area (Å²) in [6.45, 7) is 1.86. The lowest BCUT2D eigenvalue weighted by molar-refractivity contribution is -0.145. The van der Waals surface area contributed by atoms with Crippen LogP contribution in [0.15, 0.2) is 42.5 Å². The molecule has 0 bridgehead atoms. The van der Waals surface area contributed by atoms with Crippen LogP contribution in [0.3, 0.4) is 0 Å². The highest BCUT2D eigenvalue weighted by molar-refractivity contribution is 5.98. The second kappa shape index (κ2) is 7.74. The minimum absolute atomic E-state index is 0.102. The van der Waals surface area contributed by atoms with Crippen LogP contribution >= 0.6 is 0 Å². The summed E-state index contributed by atoms with van der Waals surface area (Å²) in [6.07, 6.45) is 5.01. The maximum Gasteiger partial charge on any atom is 0.328 e. The maximum absolute atomic E-state index is 13.5. The summed E-state index contributed by atoms with van der Waals surface area (Å²) in [4.78, 5) is 32.3. The van der Waals surface area contributed by atoms with E-state index in [1.807, 2.05) is 49.4 Å². The number of rotatable bonds is 3. The third-order valence-corrected chi connectivity index (χ3v) is 6.18. The second-order valence-electron chi connectivity index (χ2n) is 7.79. The summed E-state index contributed by atoms with van der Waals surface area (Å²) in [7, 11) is 1.40. The second-order valence-corrected chi connectivity index (χ2v) is 7.79. The Hall–Kier alpha value is -2.69. The van der Waals surface area contributed by atoms with Crippen LogP contribution in [0, 0.1) is 12.8 Å². The maximum atomic E-state index is 13.5. The van der Waals surface area contributed by atoms with Crippen LogP contribution in [0.1, 0.15) is 48.2 Å².